The van der Waals surface area contributed by atoms with E-state index in [0.717, 1.165) is 5.56 Å². The minimum atomic E-state index is -1.42. The highest BCUT2D eigenvalue weighted by Crippen LogP contribution is 2.20. The zero-order chi connectivity index (χ0) is 21.4. The van der Waals surface area contributed by atoms with Crippen molar-refractivity contribution >= 4 is 11.9 Å². The molecule has 5 unspecified atom stereocenters. The Bertz CT molecular complexity index is 620. The van der Waals surface area contributed by atoms with Crippen molar-refractivity contribution in [1.82, 2.24) is 5.32 Å². The van der Waals surface area contributed by atoms with E-state index in [0.29, 0.717) is 6.42 Å². The van der Waals surface area contributed by atoms with Crippen LogP contribution >= 0.6 is 0 Å². The standard InChI is InChI=1S/C21H34N2O5/c1-12(2)10-16(22)19(25)18(24)15(11-14-8-6-5-7-9-14)20(26)23-17(13(3)4)21(27)28/h5-9,12-13,15-19,24-25H,10-11,22H2,1-4H3,(H,23,26)(H,27,28). The molecule has 6 N–H and O–H groups in total. The molecule has 7 heteroatoms. The molecule has 0 bridgehead atoms. The van der Waals surface area contributed by atoms with Gasteiger partial charge in [0.2, 0.25) is 5.91 Å². The van der Waals surface area contributed by atoms with Crippen LogP contribution in [0.2, 0.25) is 0 Å². The van der Waals surface area contributed by atoms with Crippen molar-refractivity contribution in [1.29, 1.82) is 0 Å². The SMILES string of the molecule is CC(C)CC(N)C(O)C(O)C(Cc1ccccc1)C(=O)NC(C(=O)O)C(C)C. The van der Waals surface area contributed by atoms with E-state index in [1.165, 1.54) is 0 Å². The van der Waals surface area contributed by atoms with Gasteiger partial charge in [-0.2, -0.15) is 0 Å². The predicted molar refractivity (Wildman–Crippen MR) is 107 cm³/mol. The maximum absolute atomic E-state index is 12.9. The average molecular weight is 395 g/mol. The number of nitrogens with two attached hydrogens (primary N) is 1. The fraction of sp³-hybridized carbons (Fsp3) is 0.619. The molecule has 0 radical (unpaired) electrons. The number of aliphatic hydroxyl groups excluding tert-OH is 2. The van der Waals surface area contributed by atoms with Crippen LogP contribution in [-0.2, 0) is 16.0 Å². The molecule has 0 aliphatic rings. The molecule has 0 aromatic heterocycles. The largest absolute Gasteiger partial charge is 0.480 e. The van der Waals surface area contributed by atoms with Crippen LogP contribution in [0.25, 0.3) is 0 Å². The topological polar surface area (TPSA) is 133 Å². The van der Waals surface area contributed by atoms with E-state index in [9.17, 15) is 24.9 Å². The summed E-state index contributed by atoms with van der Waals surface area (Å²) in [6.07, 6.45) is -2.08. The summed E-state index contributed by atoms with van der Waals surface area (Å²) < 4.78 is 0. The molecule has 0 aliphatic heterocycles. The summed E-state index contributed by atoms with van der Waals surface area (Å²) in [5.41, 5.74) is 6.81. The number of rotatable bonds is 11. The minimum Gasteiger partial charge on any atom is -0.480 e. The number of aliphatic carboxylic acids is 1. The molecule has 0 spiro atoms. The summed E-state index contributed by atoms with van der Waals surface area (Å²) in [5.74, 6) is -2.91. The number of hydrogen-bond donors (Lipinski definition) is 5. The maximum Gasteiger partial charge on any atom is 0.326 e. The van der Waals surface area contributed by atoms with E-state index in [-0.39, 0.29) is 18.3 Å². The molecule has 1 aromatic rings. The van der Waals surface area contributed by atoms with Gasteiger partial charge in [0.1, 0.15) is 6.04 Å². The smallest absolute Gasteiger partial charge is 0.326 e. The van der Waals surface area contributed by atoms with Gasteiger partial charge in [0.15, 0.2) is 0 Å². The summed E-state index contributed by atoms with van der Waals surface area (Å²) in [5, 5.41) is 33.1. The van der Waals surface area contributed by atoms with Gasteiger partial charge in [-0.3, -0.25) is 4.79 Å². The van der Waals surface area contributed by atoms with Crippen LogP contribution in [0, 0.1) is 17.8 Å². The first kappa shape index (κ1) is 24.1. The predicted octanol–water partition coefficient (Wildman–Crippen LogP) is 1.17. The van der Waals surface area contributed by atoms with Crippen molar-refractivity contribution in [2.45, 2.75) is 64.8 Å². The third kappa shape index (κ3) is 7.22. The van der Waals surface area contributed by atoms with Gasteiger partial charge in [0.25, 0.3) is 0 Å². The summed E-state index contributed by atoms with van der Waals surface area (Å²) in [6.45, 7) is 7.28. The Morgan fingerprint density at radius 1 is 1.04 bits per heavy atom. The van der Waals surface area contributed by atoms with Crippen molar-refractivity contribution in [2.75, 3.05) is 0 Å². The van der Waals surface area contributed by atoms with Crippen LogP contribution in [0.15, 0.2) is 30.3 Å². The zero-order valence-electron chi connectivity index (χ0n) is 17.1. The molecule has 158 valence electrons. The second-order valence-electron chi connectivity index (χ2n) is 8.14. The quantitative estimate of drug-likeness (QED) is 0.383. The van der Waals surface area contributed by atoms with Gasteiger partial charge in [-0.15, -0.1) is 0 Å². The maximum atomic E-state index is 12.9. The van der Waals surface area contributed by atoms with E-state index in [4.69, 9.17) is 5.73 Å². The molecule has 0 heterocycles. The van der Waals surface area contributed by atoms with Gasteiger partial charge in [0, 0.05) is 6.04 Å². The number of aliphatic hydroxyl groups is 2. The Labute approximate surface area is 167 Å². The Morgan fingerprint density at radius 3 is 2.07 bits per heavy atom. The van der Waals surface area contributed by atoms with Crippen molar-refractivity contribution in [3.8, 4) is 0 Å². The summed E-state index contributed by atoms with van der Waals surface area (Å²) in [6, 6.07) is 7.30. The number of carbonyl (C=O) groups excluding carboxylic acids is 1. The van der Waals surface area contributed by atoms with Gasteiger partial charge in [0.05, 0.1) is 18.1 Å². The normalized spacial score (nSPS) is 17.0. The lowest BCUT2D eigenvalue weighted by Crippen LogP contribution is -2.54. The first-order chi connectivity index (χ1) is 13.0. The minimum absolute atomic E-state index is 0.156. The molecule has 5 atom stereocenters. The summed E-state index contributed by atoms with van der Waals surface area (Å²) in [4.78, 5) is 24.3. The molecular formula is C21H34N2O5. The van der Waals surface area contributed by atoms with Crippen LogP contribution in [0.4, 0.5) is 0 Å². The molecular weight excluding hydrogens is 360 g/mol. The Balaban J connectivity index is 3.06. The van der Waals surface area contributed by atoms with Gasteiger partial charge in [-0.05, 0) is 30.2 Å². The molecule has 0 aliphatic carbocycles. The average Bonchev–Trinajstić information content (AvgIpc) is 2.62. The van der Waals surface area contributed by atoms with Gasteiger partial charge in [-0.25, -0.2) is 4.79 Å². The van der Waals surface area contributed by atoms with Gasteiger partial charge >= 0.3 is 5.97 Å². The van der Waals surface area contributed by atoms with Crippen LogP contribution in [-0.4, -0.2) is 51.5 Å². The molecule has 1 rings (SSSR count). The van der Waals surface area contributed by atoms with Crippen LogP contribution in [0.5, 0.6) is 0 Å². The number of carbonyl (C=O) groups is 2. The zero-order valence-corrected chi connectivity index (χ0v) is 17.1. The number of carboxylic acids is 1. The van der Waals surface area contributed by atoms with Crippen LogP contribution in [0.3, 0.4) is 0 Å². The van der Waals surface area contributed by atoms with Crippen molar-refractivity contribution < 1.29 is 24.9 Å². The highest BCUT2D eigenvalue weighted by Gasteiger charge is 2.37. The molecule has 0 saturated heterocycles. The van der Waals surface area contributed by atoms with E-state index in [1.807, 2.05) is 44.2 Å². The summed E-state index contributed by atoms with van der Waals surface area (Å²) in [7, 11) is 0. The first-order valence-electron chi connectivity index (χ1n) is 9.73. The van der Waals surface area contributed by atoms with Crippen LogP contribution in [0.1, 0.15) is 39.7 Å². The molecule has 0 saturated carbocycles. The second-order valence-corrected chi connectivity index (χ2v) is 8.14. The fourth-order valence-corrected chi connectivity index (χ4v) is 3.19. The summed E-state index contributed by atoms with van der Waals surface area (Å²) >= 11 is 0. The van der Waals surface area contributed by atoms with Crippen molar-refractivity contribution in [3.05, 3.63) is 35.9 Å². The molecule has 1 amide bonds. The van der Waals surface area contributed by atoms with Crippen LogP contribution < -0.4 is 11.1 Å². The third-order valence-electron chi connectivity index (χ3n) is 4.81. The van der Waals surface area contributed by atoms with E-state index in [1.54, 1.807) is 13.8 Å². The number of amides is 1. The molecule has 0 fully saturated rings. The third-order valence-corrected chi connectivity index (χ3v) is 4.81. The van der Waals surface area contributed by atoms with E-state index in [2.05, 4.69) is 5.32 Å². The number of hydrogen-bond acceptors (Lipinski definition) is 5. The molecule has 7 nitrogen and oxygen atoms in total. The highest BCUT2D eigenvalue weighted by molar-refractivity contribution is 5.85. The second kappa shape index (κ2) is 11.1. The van der Waals surface area contributed by atoms with Crippen molar-refractivity contribution in [3.63, 3.8) is 0 Å². The Kier molecular flexibility index (Phi) is 9.58. The van der Waals surface area contributed by atoms with E-state index >= 15 is 0 Å². The van der Waals surface area contributed by atoms with Gasteiger partial charge in [-0.1, -0.05) is 58.0 Å². The number of benzene rings is 1. The van der Waals surface area contributed by atoms with Gasteiger partial charge < -0.3 is 26.4 Å². The lowest BCUT2D eigenvalue weighted by molar-refractivity contribution is -0.145. The Morgan fingerprint density at radius 2 is 1.61 bits per heavy atom. The molecule has 1 aromatic carbocycles. The number of nitrogens with one attached hydrogen (secondary N) is 1. The fourth-order valence-electron chi connectivity index (χ4n) is 3.19. The lowest BCUT2D eigenvalue weighted by Gasteiger charge is -2.31. The molecule has 28 heavy (non-hydrogen) atoms. The van der Waals surface area contributed by atoms with E-state index < -0.39 is 42.1 Å². The first-order valence-corrected chi connectivity index (χ1v) is 9.73. The van der Waals surface area contributed by atoms with Crippen molar-refractivity contribution in [2.24, 2.45) is 23.5 Å². The lowest BCUT2D eigenvalue weighted by atomic mass is 9.85. The monoisotopic (exact) mass is 394 g/mol. The number of carboxylic acid groups (broad SMARTS) is 1. The highest BCUT2D eigenvalue weighted by atomic mass is 16.4. The Hall–Kier alpha value is -1.96.